The zero-order chi connectivity index (χ0) is 13.2. The maximum absolute atomic E-state index is 12.1. The van der Waals surface area contributed by atoms with Crippen LogP contribution in [-0.4, -0.2) is 59.5 Å². The third-order valence-corrected chi connectivity index (χ3v) is 3.06. The molecule has 1 aliphatic heterocycles. The standard InChI is InChI=1S/C10H16F2N2O3/c1-6-7(9(15)16)3-4-14(6)10(17)13(2)5-8(11)12/h6-8H,3-5H2,1-2H3,(H,15,16). The highest BCUT2D eigenvalue weighted by Gasteiger charge is 2.39. The molecule has 1 aliphatic rings. The van der Waals surface area contributed by atoms with Crippen molar-refractivity contribution >= 4 is 12.0 Å². The molecule has 7 heteroatoms. The molecule has 0 spiro atoms. The smallest absolute Gasteiger partial charge is 0.320 e. The van der Waals surface area contributed by atoms with E-state index in [0.717, 1.165) is 4.90 Å². The Kier molecular flexibility index (Phi) is 4.25. The lowest BCUT2D eigenvalue weighted by Gasteiger charge is -2.28. The Hall–Kier alpha value is -1.40. The minimum atomic E-state index is -2.59. The van der Waals surface area contributed by atoms with Gasteiger partial charge in [-0.15, -0.1) is 0 Å². The third-order valence-electron chi connectivity index (χ3n) is 3.06. The molecular weight excluding hydrogens is 234 g/mol. The van der Waals surface area contributed by atoms with E-state index in [2.05, 4.69) is 0 Å². The highest BCUT2D eigenvalue weighted by atomic mass is 19.3. The number of carbonyl (C=O) groups excluding carboxylic acids is 1. The van der Waals surface area contributed by atoms with Crippen LogP contribution in [0.4, 0.5) is 13.6 Å². The topological polar surface area (TPSA) is 60.9 Å². The number of likely N-dealkylation sites (tertiary alicyclic amines) is 1. The van der Waals surface area contributed by atoms with Crippen molar-refractivity contribution in [3.63, 3.8) is 0 Å². The first kappa shape index (κ1) is 13.7. The number of hydrogen-bond donors (Lipinski definition) is 1. The summed E-state index contributed by atoms with van der Waals surface area (Å²) in [6, 6.07) is -0.998. The van der Waals surface area contributed by atoms with E-state index in [1.54, 1.807) is 6.92 Å². The molecular formula is C10H16F2N2O3. The van der Waals surface area contributed by atoms with Crippen molar-refractivity contribution in [3.05, 3.63) is 0 Å². The summed E-state index contributed by atoms with van der Waals surface area (Å²) in [6.45, 7) is 1.28. The van der Waals surface area contributed by atoms with Crippen molar-refractivity contribution in [2.75, 3.05) is 20.1 Å². The highest BCUT2D eigenvalue weighted by Crippen LogP contribution is 2.25. The Labute approximate surface area is 98.0 Å². The number of carbonyl (C=O) groups is 2. The largest absolute Gasteiger partial charge is 0.481 e. The Morgan fingerprint density at radius 2 is 2.12 bits per heavy atom. The number of rotatable bonds is 3. The third kappa shape index (κ3) is 3.04. The number of halogens is 2. The van der Waals surface area contributed by atoms with Crippen LogP contribution in [0.1, 0.15) is 13.3 Å². The molecule has 2 unspecified atom stereocenters. The zero-order valence-corrected chi connectivity index (χ0v) is 9.77. The van der Waals surface area contributed by atoms with Crippen LogP contribution < -0.4 is 0 Å². The first-order valence-electron chi connectivity index (χ1n) is 5.37. The first-order valence-corrected chi connectivity index (χ1v) is 5.37. The molecule has 98 valence electrons. The normalized spacial score (nSPS) is 24.2. The predicted molar refractivity (Wildman–Crippen MR) is 55.9 cm³/mol. The quantitative estimate of drug-likeness (QED) is 0.815. The summed E-state index contributed by atoms with van der Waals surface area (Å²) in [4.78, 5) is 24.9. The van der Waals surface area contributed by atoms with Gasteiger partial charge in [-0.25, -0.2) is 13.6 Å². The van der Waals surface area contributed by atoms with E-state index in [4.69, 9.17) is 5.11 Å². The Balaban J connectivity index is 2.62. The van der Waals surface area contributed by atoms with Crippen LogP contribution in [0.3, 0.4) is 0 Å². The van der Waals surface area contributed by atoms with E-state index >= 15 is 0 Å². The van der Waals surface area contributed by atoms with Crippen LogP contribution in [0.15, 0.2) is 0 Å². The van der Waals surface area contributed by atoms with Gasteiger partial charge in [0.15, 0.2) is 0 Å². The van der Waals surface area contributed by atoms with Gasteiger partial charge in [-0.05, 0) is 13.3 Å². The molecule has 0 aliphatic carbocycles. The number of amides is 2. The molecule has 1 N–H and O–H groups in total. The van der Waals surface area contributed by atoms with Crippen LogP contribution in [-0.2, 0) is 4.79 Å². The molecule has 0 radical (unpaired) electrons. The fourth-order valence-corrected chi connectivity index (χ4v) is 2.04. The molecule has 1 saturated heterocycles. The number of alkyl halides is 2. The zero-order valence-electron chi connectivity index (χ0n) is 9.77. The summed E-state index contributed by atoms with van der Waals surface area (Å²) in [5.41, 5.74) is 0. The molecule has 1 heterocycles. The van der Waals surface area contributed by atoms with E-state index in [9.17, 15) is 18.4 Å². The molecule has 0 aromatic carbocycles. The van der Waals surface area contributed by atoms with Crippen LogP contribution >= 0.6 is 0 Å². The van der Waals surface area contributed by atoms with Crippen molar-refractivity contribution in [1.82, 2.24) is 9.80 Å². The Bertz CT molecular complexity index is 312. The highest BCUT2D eigenvalue weighted by molar-refractivity contribution is 5.78. The van der Waals surface area contributed by atoms with Crippen molar-refractivity contribution in [2.24, 2.45) is 5.92 Å². The summed E-state index contributed by atoms with van der Waals surface area (Å²) in [7, 11) is 1.29. The predicted octanol–water partition coefficient (Wildman–Crippen LogP) is 1.10. The van der Waals surface area contributed by atoms with Gasteiger partial charge < -0.3 is 14.9 Å². The molecule has 1 rings (SSSR count). The molecule has 0 saturated carbocycles. The van der Waals surface area contributed by atoms with E-state index < -0.39 is 36.9 Å². The number of carboxylic acids is 1. The average Bonchev–Trinajstić information content (AvgIpc) is 2.57. The molecule has 2 amide bonds. The van der Waals surface area contributed by atoms with Crippen LogP contribution in [0.25, 0.3) is 0 Å². The number of urea groups is 1. The van der Waals surface area contributed by atoms with Gasteiger partial charge in [0.1, 0.15) is 0 Å². The second-order valence-electron chi connectivity index (χ2n) is 4.22. The van der Waals surface area contributed by atoms with Crippen LogP contribution in [0, 0.1) is 5.92 Å². The number of carboxylic acid groups (broad SMARTS) is 1. The summed E-state index contributed by atoms with van der Waals surface area (Å²) in [6.07, 6.45) is -2.22. The lowest BCUT2D eigenvalue weighted by molar-refractivity contribution is -0.142. The minimum absolute atomic E-state index is 0.296. The number of hydrogen-bond acceptors (Lipinski definition) is 2. The van der Waals surface area contributed by atoms with E-state index in [-0.39, 0.29) is 0 Å². The van der Waals surface area contributed by atoms with Gasteiger partial charge in [0.25, 0.3) is 6.43 Å². The molecule has 0 bridgehead atoms. The van der Waals surface area contributed by atoms with Gasteiger partial charge >= 0.3 is 12.0 Å². The maximum Gasteiger partial charge on any atom is 0.320 e. The van der Waals surface area contributed by atoms with Crippen molar-refractivity contribution in [2.45, 2.75) is 25.8 Å². The monoisotopic (exact) mass is 250 g/mol. The summed E-state index contributed by atoms with van der Waals surface area (Å²) >= 11 is 0. The molecule has 1 fully saturated rings. The van der Waals surface area contributed by atoms with Crippen LogP contribution in [0.2, 0.25) is 0 Å². The lowest BCUT2D eigenvalue weighted by Crippen LogP contribution is -2.46. The molecule has 5 nitrogen and oxygen atoms in total. The van der Waals surface area contributed by atoms with Gasteiger partial charge in [0.2, 0.25) is 0 Å². The van der Waals surface area contributed by atoms with Crippen molar-refractivity contribution < 1.29 is 23.5 Å². The van der Waals surface area contributed by atoms with E-state index in [1.165, 1.54) is 11.9 Å². The second-order valence-corrected chi connectivity index (χ2v) is 4.22. The molecule has 17 heavy (non-hydrogen) atoms. The number of nitrogens with zero attached hydrogens (tertiary/aromatic N) is 2. The molecule has 0 aromatic heterocycles. The summed E-state index contributed by atoms with van der Waals surface area (Å²) in [5, 5.41) is 8.90. The fraction of sp³-hybridized carbons (Fsp3) is 0.800. The van der Waals surface area contributed by atoms with Gasteiger partial charge in [0, 0.05) is 19.6 Å². The SMILES string of the molecule is CC1C(C(=O)O)CCN1C(=O)N(C)CC(F)F. The molecule has 0 aromatic rings. The fourth-order valence-electron chi connectivity index (χ4n) is 2.04. The average molecular weight is 250 g/mol. The van der Waals surface area contributed by atoms with Gasteiger partial charge in [-0.3, -0.25) is 4.79 Å². The van der Waals surface area contributed by atoms with Gasteiger partial charge in [0.05, 0.1) is 12.5 Å². The maximum atomic E-state index is 12.1. The molecule has 2 atom stereocenters. The van der Waals surface area contributed by atoms with E-state index in [0.29, 0.717) is 13.0 Å². The number of aliphatic carboxylic acids is 1. The van der Waals surface area contributed by atoms with Crippen LogP contribution in [0.5, 0.6) is 0 Å². The van der Waals surface area contributed by atoms with Gasteiger partial charge in [-0.2, -0.15) is 0 Å². The Morgan fingerprint density at radius 3 is 2.53 bits per heavy atom. The summed E-state index contributed by atoms with van der Waals surface area (Å²) in [5.74, 6) is -1.57. The van der Waals surface area contributed by atoms with Gasteiger partial charge in [-0.1, -0.05) is 0 Å². The lowest BCUT2D eigenvalue weighted by atomic mass is 10.0. The van der Waals surface area contributed by atoms with Crippen molar-refractivity contribution in [1.29, 1.82) is 0 Å². The first-order chi connectivity index (χ1) is 7.84. The summed E-state index contributed by atoms with van der Waals surface area (Å²) < 4.78 is 24.3. The second kappa shape index (κ2) is 5.29. The Morgan fingerprint density at radius 1 is 1.53 bits per heavy atom. The minimum Gasteiger partial charge on any atom is -0.481 e. The van der Waals surface area contributed by atoms with E-state index in [1.807, 2.05) is 0 Å². The van der Waals surface area contributed by atoms with Crippen molar-refractivity contribution in [3.8, 4) is 0 Å².